The van der Waals surface area contributed by atoms with Gasteiger partial charge in [-0.05, 0) is 48.7 Å². The van der Waals surface area contributed by atoms with Gasteiger partial charge < -0.3 is 5.73 Å². The lowest BCUT2D eigenvalue weighted by atomic mass is 10.0. The summed E-state index contributed by atoms with van der Waals surface area (Å²) in [5.74, 6) is -0.662. The van der Waals surface area contributed by atoms with Crippen LogP contribution >= 0.6 is 0 Å². The molecule has 2 aromatic rings. The van der Waals surface area contributed by atoms with E-state index in [0.29, 0.717) is 12.0 Å². The highest BCUT2D eigenvalue weighted by Gasteiger charge is 2.37. The highest BCUT2D eigenvalue weighted by molar-refractivity contribution is 6.11. The molecule has 1 atom stereocenters. The molecule has 1 aliphatic rings. The minimum atomic E-state index is -0.619. The summed E-state index contributed by atoms with van der Waals surface area (Å²) in [7, 11) is 0. The number of carbonyl (C=O) groups is 2. The first-order valence-corrected chi connectivity index (χ1v) is 7.27. The van der Waals surface area contributed by atoms with Crippen LogP contribution in [0.25, 0.3) is 0 Å². The van der Waals surface area contributed by atoms with Crippen molar-refractivity contribution in [1.29, 1.82) is 0 Å². The van der Waals surface area contributed by atoms with E-state index in [4.69, 9.17) is 5.73 Å². The topological polar surface area (TPSA) is 63.4 Å². The van der Waals surface area contributed by atoms with Crippen LogP contribution in [0.1, 0.15) is 27.0 Å². The van der Waals surface area contributed by atoms with Crippen LogP contribution in [0.4, 0.5) is 5.69 Å². The van der Waals surface area contributed by atoms with Crippen molar-refractivity contribution in [2.75, 3.05) is 4.90 Å². The number of hydrogen-bond acceptors (Lipinski definition) is 2. The molecule has 0 unspecified atom stereocenters. The van der Waals surface area contributed by atoms with Crippen LogP contribution in [0.5, 0.6) is 0 Å². The minimum Gasteiger partial charge on any atom is -0.368 e. The number of nitrogens with two attached hydrogens (primary N) is 1. The zero-order chi connectivity index (χ0) is 15.9. The number of hydrogen-bond donors (Lipinski definition) is 1. The third kappa shape index (κ3) is 2.26. The number of carbonyl (C=O) groups excluding carboxylic acids is 2. The smallest absolute Gasteiger partial charge is 0.259 e. The summed E-state index contributed by atoms with van der Waals surface area (Å²) in [6, 6.07) is 12.5. The molecule has 1 aliphatic heterocycles. The molecule has 2 aromatic carbocycles. The zero-order valence-electron chi connectivity index (χ0n) is 12.7. The molecular formula is C18H18N2O2. The Balaban J connectivity index is 2.05. The number of para-hydroxylation sites is 1. The zero-order valence-corrected chi connectivity index (χ0v) is 12.7. The van der Waals surface area contributed by atoms with Gasteiger partial charge in [-0.2, -0.15) is 0 Å². The molecule has 112 valence electrons. The second-order valence-corrected chi connectivity index (χ2v) is 5.73. The van der Waals surface area contributed by atoms with E-state index in [2.05, 4.69) is 0 Å². The maximum atomic E-state index is 12.9. The average Bonchev–Trinajstić information content (AvgIpc) is 2.89. The molecule has 22 heavy (non-hydrogen) atoms. The van der Waals surface area contributed by atoms with E-state index in [-0.39, 0.29) is 5.91 Å². The van der Waals surface area contributed by atoms with Crippen molar-refractivity contribution < 1.29 is 9.59 Å². The summed E-state index contributed by atoms with van der Waals surface area (Å²) in [4.78, 5) is 26.2. The lowest BCUT2D eigenvalue weighted by molar-refractivity contribution is -0.119. The van der Waals surface area contributed by atoms with E-state index < -0.39 is 11.9 Å². The van der Waals surface area contributed by atoms with Crippen LogP contribution in [-0.2, 0) is 11.2 Å². The molecule has 0 saturated carbocycles. The highest BCUT2D eigenvalue weighted by atomic mass is 16.2. The first-order chi connectivity index (χ1) is 10.5. The minimum absolute atomic E-state index is 0.183. The summed E-state index contributed by atoms with van der Waals surface area (Å²) in [5.41, 5.74) is 10.0. The standard InChI is InChI=1S/C18H18N2O2/c1-11-7-8-14(9-12(11)2)18(22)20-15-6-4-3-5-13(15)10-16(20)17(19)21/h3-9,16H,10H2,1-2H3,(H2,19,21)/t16-/m0/s1. The van der Waals surface area contributed by atoms with Gasteiger partial charge in [-0.3, -0.25) is 14.5 Å². The molecule has 2 N–H and O–H groups in total. The van der Waals surface area contributed by atoms with Crippen LogP contribution < -0.4 is 10.6 Å². The second kappa shape index (κ2) is 5.30. The van der Waals surface area contributed by atoms with E-state index in [0.717, 1.165) is 22.4 Å². The fourth-order valence-corrected chi connectivity index (χ4v) is 2.88. The van der Waals surface area contributed by atoms with Gasteiger partial charge in [-0.1, -0.05) is 24.3 Å². The third-order valence-corrected chi connectivity index (χ3v) is 4.28. The first-order valence-electron chi connectivity index (χ1n) is 7.27. The number of nitrogens with zero attached hydrogens (tertiary/aromatic N) is 1. The van der Waals surface area contributed by atoms with E-state index in [9.17, 15) is 9.59 Å². The fourth-order valence-electron chi connectivity index (χ4n) is 2.88. The Bertz CT molecular complexity index is 767. The van der Waals surface area contributed by atoms with Gasteiger partial charge in [0.25, 0.3) is 5.91 Å². The summed E-state index contributed by atoms with van der Waals surface area (Å²) in [6.45, 7) is 3.97. The highest BCUT2D eigenvalue weighted by Crippen LogP contribution is 2.33. The quantitative estimate of drug-likeness (QED) is 0.924. The molecule has 1 heterocycles. The molecule has 0 bridgehead atoms. The average molecular weight is 294 g/mol. The summed E-state index contributed by atoms with van der Waals surface area (Å²) in [6.07, 6.45) is 0.474. The van der Waals surface area contributed by atoms with Crippen LogP contribution in [-0.4, -0.2) is 17.9 Å². The summed E-state index contributed by atoms with van der Waals surface area (Å²) >= 11 is 0. The lowest BCUT2D eigenvalue weighted by Gasteiger charge is -2.23. The number of fused-ring (bicyclic) bond motifs is 1. The van der Waals surface area contributed by atoms with Crippen molar-refractivity contribution >= 4 is 17.5 Å². The molecule has 2 amide bonds. The molecule has 0 fully saturated rings. The Morgan fingerprint density at radius 2 is 1.82 bits per heavy atom. The number of anilines is 1. The predicted molar refractivity (Wildman–Crippen MR) is 85.9 cm³/mol. The molecule has 4 nitrogen and oxygen atoms in total. The number of rotatable bonds is 2. The molecule has 3 rings (SSSR count). The van der Waals surface area contributed by atoms with Crippen molar-refractivity contribution in [1.82, 2.24) is 0 Å². The van der Waals surface area contributed by atoms with Gasteiger partial charge in [0.2, 0.25) is 5.91 Å². The predicted octanol–water partition coefficient (Wildman–Crippen LogP) is 2.36. The SMILES string of the molecule is Cc1ccc(C(=O)N2c3ccccc3C[C@H]2C(N)=O)cc1C. The monoisotopic (exact) mass is 294 g/mol. The molecule has 0 aliphatic carbocycles. The number of benzene rings is 2. The van der Waals surface area contributed by atoms with Crippen molar-refractivity contribution in [2.24, 2.45) is 5.73 Å². The molecule has 0 radical (unpaired) electrons. The van der Waals surface area contributed by atoms with Gasteiger partial charge in [-0.15, -0.1) is 0 Å². The molecule has 0 saturated heterocycles. The third-order valence-electron chi connectivity index (χ3n) is 4.28. The Hall–Kier alpha value is -2.62. The number of aryl methyl sites for hydroxylation is 2. The van der Waals surface area contributed by atoms with Crippen molar-refractivity contribution in [2.45, 2.75) is 26.3 Å². The molecule has 0 aromatic heterocycles. The second-order valence-electron chi connectivity index (χ2n) is 5.73. The van der Waals surface area contributed by atoms with Crippen LogP contribution in [0.3, 0.4) is 0 Å². The first kappa shape index (κ1) is 14.3. The van der Waals surface area contributed by atoms with Crippen molar-refractivity contribution in [3.8, 4) is 0 Å². The largest absolute Gasteiger partial charge is 0.368 e. The lowest BCUT2D eigenvalue weighted by Crippen LogP contribution is -2.46. The van der Waals surface area contributed by atoms with Gasteiger partial charge in [0.05, 0.1) is 0 Å². The van der Waals surface area contributed by atoms with Crippen molar-refractivity contribution in [3.63, 3.8) is 0 Å². The van der Waals surface area contributed by atoms with Gasteiger partial charge in [0.1, 0.15) is 6.04 Å². The molecular weight excluding hydrogens is 276 g/mol. The Kier molecular flexibility index (Phi) is 3.45. The van der Waals surface area contributed by atoms with Gasteiger partial charge >= 0.3 is 0 Å². The van der Waals surface area contributed by atoms with E-state index in [1.807, 2.05) is 50.2 Å². The van der Waals surface area contributed by atoms with Crippen molar-refractivity contribution in [3.05, 3.63) is 64.7 Å². The van der Waals surface area contributed by atoms with Gasteiger partial charge in [0, 0.05) is 17.7 Å². The molecule has 0 spiro atoms. The van der Waals surface area contributed by atoms with Crippen LogP contribution in [0.15, 0.2) is 42.5 Å². The maximum absolute atomic E-state index is 12.9. The summed E-state index contributed by atoms with van der Waals surface area (Å²) < 4.78 is 0. The van der Waals surface area contributed by atoms with E-state index in [1.165, 1.54) is 4.90 Å². The van der Waals surface area contributed by atoms with Gasteiger partial charge in [-0.25, -0.2) is 0 Å². The number of primary amides is 1. The van der Waals surface area contributed by atoms with Crippen LogP contribution in [0.2, 0.25) is 0 Å². The van der Waals surface area contributed by atoms with Crippen LogP contribution in [0, 0.1) is 13.8 Å². The Morgan fingerprint density at radius 1 is 1.09 bits per heavy atom. The number of amides is 2. The van der Waals surface area contributed by atoms with E-state index in [1.54, 1.807) is 6.07 Å². The normalized spacial score (nSPS) is 16.5. The Morgan fingerprint density at radius 3 is 2.50 bits per heavy atom. The maximum Gasteiger partial charge on any atom is 0.259 e. The van der Waals surface area contributed by atoms with E-state index >= 15 is 0 Å². The van der Waals surface area contributed by atoms with Gasteiger partial charge in [0.15, 0.2) is 0 Å². The Labute approximate surface area is 129 Å². The summed E-state index contributed by atoms with van der Waals surface area (Å²) in [5, 5.41) is 0. The molecule has 4 heteroatoms. The fraction of sp³-hybridized carbons (Fsp3) is 0.222.